The average molecular weight is 562 g/mol. The first-order valence-corrected chi connectivity index (χ1v) is 14.3. The summed E-state index contributed by atoms with van der Waals surface area (Å²) >= 11 is 0. The van der Waals surface area contributed by atoms with E-state index in [2.05, 4.69) is 10.6 Å². The molecule has 0 heterocycles. The highest BCUT2D eigenvalue weighted by molar-refractivity contribution is 5.93. The summed E-state index contributed by atoms with van der Waals surface area (Å²) in [5.74, 6) is -1.05. The molecule has 0 bridgehead atoms. The molecule has 40 heavy (non-hydrogen) atoms. The van der Waals surface area contributed by atoms with E-state index in [0.29, 0.717) is 19.3 Å². The molecule has 0 unspecified atom stereocenters. The summed E-state index contributed by atoms with van der Waals surface area (Å²) < 4.78 is 10.9. The molecular formula is C31H51N3O6. The van der Waals surface area contributed by atoms with Crippen molar-refractivity contribution < 1.29 is 28.7 Å². The first-order valence-electron chi connectivity index (χ1n) is 14.3. The molecule has 0 fully saturated rings. The van der Waals surface area contributed by atoms with Crippen molar-refractivity contribution in [3.63, 3.8) is 0 Å². The molecule has 0 aliphatic rings. The quantitative estimate of drug-likeness (QED) is 0.307. The van der Waals surface area contributed by atoms with Crippen molar-refractivity contribution in [2.24, 2.45) is 17.8 Å². The second-order valence-corrected chi connectivity index (χ2v) is 12.7. The van der Waals surface area contributed by atoms with Crippen molar-refractivity contribution in [1.82, 2.24) is 15.5 Å². The number of hydrogen-bond donors (Lipinski definition) is 2. The van der Waals surface area contributed by atoms with Gasteiger partial charge in [-0.1, -0.05) is 71.9 Å². The van der Waals surface area contributed by atoms with Gasteiger partial charge in [-0.3, -0.25) is 9.59 Å². The van der Waals surface area contributed by atoms with E-state index in [0.717, 1.165) is 5.56 Å². The fourth-order valence-electron chi connectivity index (χ4n) is 4.21. The Labute approximate surface area is 240 Å². The number of rotatable bonds is 14. The Balaban J connectivity index is 3.11. The first-order chi connectivity index (χ1) is 18.5. The van der Waals surface area contributed by atoms with Gasteiger partial charge in [-0.25, -0.2) is 9.59 Å². The molecule has 9 heteroatoms. The number of nitrogens with one attached hydrogen (secondary N) is 2. The lowest BCUT2D eigenvalue weighted by Crippen LogP contribution is -2.57. The molecule has 0 aliphatic heterocycles. The van der Waals surface area contributed by atoms with Gasteiger partial charge in [-0.2, -0.15) is 0 Å². The van der Waals surface area contributed by atoms with E-state index < -0.39 is 47.6 Å². The molecule has 226 valence electrons. The van der Waals surface area contributed by atoms with Crippen LogP contribution in [0.1, 0.15) is 87.1 Å². The lowest BCUT2D eigenvalue weighted by molar-refractivity contribution is -0.150. The van der Waals surface area contributed by atoms with Crippen LogP contribution in [0.2, 0.25) is 0 Å². The second-order valence-electron chi connectivity index (χ2n) is 12.7. The van der Waals surface area contributed by atoms with Crippen LogP contribution in [-0.4, -0.2) is 59.6 Å². The van der Waals surface area contributed by atoms with E-state index >= 15 is 0 Å². The van der Waals surface area contributed by atoms with Crippen molar-refractivity contribution in [2.45, 2.75) is 112 Å². The van der Waals surface area contributed by atoms with Gasteiger partial charge in [0.2, 0.25) is 11.8 Å². The number of alkyl carbamates (subject to hydrolysis) is 1. The van der Waals surface area contributed by atoms with E-state index in [1.807, 2.05) is 71.9 Å². The van der Waals surface area contributed by atoms with Gasteiger partial charge in [0.25, 0.3) is 0 Å². The maximum absolute atomic E-state index is 13.6. The number of ether oxygens (including phenoxy) is 2. The van der Waals surface area contributed by atoms with Gasteiger partial charge in [-0.15, -0.1) is 0 Å². The number of likely N-dealkylation sites (N-methyl/N-ethyl adjacent to an activating group) is 1. The third-order valence-corrected chi connectivity index (χ3v) is 6.04. The fourth-order valence-corrected chi connectivity index (χ4v) is 4.21. The molecule has 0 aromatic heterocycles. The van der Waals surface area contributed by atoms with Crippen molar-refractivity contribution in [3.05, 3.63) is 35.9 Å². The van der Waals surface area contributed by atoms with Crippen LogP contribution in [0.15, 0.2) is 30.3 Å². The van der Waals surface area contributed by atoms with Crippen LogP contribution < -0.4 is 10.6 Å². The standard InChI is InChI=1S/C31H51N3O6/c1-20(2)16-24(33-30(38)40-31(7,8)9)28(36)34(10)26(18-22(5)6)27(35)32-25(17-21(3)4)29(37)39-19-23-14-12-11-13-15-23/h11-15,20-22,24-26H,16-19H2,1-10H3,(H,32,35)(H,33,38)/t24-,25-,26+/m0/s1. The SMILES string of the molecule is CC(C)C[C@H](NC(=O)[C@@H](CC(C)C)N(C)C(=O)[C@H](CC(C)C)NC(=O)OC(C)(C)C)C(=O)OCc1ccccc1. The van der Waals surface area contributed by atoms with Gasteiger partial charge >= 0.3 is 12.1 Å². The van der Waals surface area contributed by atoms with E-state index in [1.165, 1.54) is 4.90 Å². The molecule has 3 amide bonds. The normalized spacial score (nSPS) is 13.9. The number of nitrogens with zero attached hydrogens (tertiary/aromatic N) is 1. The summed E-state index contributed by atoms with van der Waals surface area (Å²) in [5, 5.41) is 5.55. The number of amides is 3. The smallest absolute Gasteiger partial charge is 0.408 e. The van der Waals surface area contributed by atoms with Crippen LogP contribution in [-0.2, 0) is 30.5 Å². The molecule has 0 aliphatic carbocycles. The maximum atomic E-state index is 13.6. The third-order valence-electron chi connectivity index (χ3n) is 6.04. The number of esters is 1. The minimum absolute atomic E-state index is 0.0851. The summed E-state index contributed by atoms with van der Waals surface area (Å²) in [6.07, 6.45) is 0.451. The zero-order chi connectivity index (χ0) is 30.6. The van der Waals surface area contributed by atoms with E-state index in [9.17, 15) is 19.2 Å². The number of hydrogen-bond acceptors (Lipinski definition) is 6. The number of carbonyl (C=O) groups is 4. The third kappa shape index (κ3) is 13.3. The predicted molar refractivity (Wildman–Crippen MR) is 156 cm³/mol. The minimum Gasteiger partial charge on any atom is -0.459 e. The summed E-state index contributed by atoms with van der Waals surface area (Å²) in [5.41, 5.74) is 0.129. The van der Waals surface area contributed by atoms with Gasteiger partial charge in [0.15, 0.2) is 0 Å². The summed E-state index contributed by atoms with van der Waals surface area (Å²) in [7, 11) is 1.56. The Morgan fingerprint density at radius 2 is 1.32 bits per heavy atom. The molecule has 0 saturated carbocycles. The molecule has 1 rings (SSSR count). The number of carbonyl (C=O) groups excluding carboxylic acids is 4. The Kier molecular flexibility index (Phi) is 14.2. The van der Waals surface area contributed by atoms with E-state index in [-0.39, 0.29) is 24.4 Å². The minimum atomic E-state index is -0.871. The molecule has 3 atom stereocenters. The molecule has 1 aromatic rings. The number of benzene rings is 1. The highest BCUT2D eigenvalue weighted by Gasteiger charge is 2.35. The molecule has 0 saturated heterocycles. The van der Waals surface area contributed by atoms with Gasteiger partial charge in [-0.05, 0) is 63.4 Å². The monoisotopic (exact) mass is 561 g/mol. The van der Waals surface area contributed by atoms with Gasteiger partial charge in [0, 0.05) is 7.05 Å². The Hall–Kier alpha value is -3.10. The van der Waals surface area contributed by atoms with Crippen molar-refractivity contribution in [1.29, 1.82) is 0 Å². The summed E-state index contributed by atoms with van der Waals surface area (Å²) in [4.78, 5) is 54.2. The van der Waals surface area contributed by atoms with Crippen molar-refractivity contribution in [2.75, 3.05) is 7.05 Å². The van der Waals surface area contributed by atoms with Gasteiger partial charge in [0.1, 0.15) is 30.3 Å². The highest BCUT2D eigenvalue weighted by atomic mass is 16.6. The predicted octanol–water partition coefficient (Wildman–Crippen LogP) is 5.07. The molecule has 2 N–H and O–H groups in total. The van der Waals surface area contributed by atoms with Crippen LogP contribution in [0.4, 0.5) is 4.79 Å². The largest absolute Gasteiger partial charge is 0.459 e. The van der Waals surface area contributed by atoms with Crippen LogP contribution in [0.3, 0.4) is 0 Å². The van der Waals surface area contributed by atoms with E-state index in [1.54, 1.807) is 27.8 Å². The zero-order valence-electron chi connectivity index (χ0n) is 26.1. The van der Waals surface area contributed by atoms with Gasteiger partial charge in [0.05, 0.1) is 0 Å². The Morgan fingerprint density at radius 3 is 1.82 bits per heavy atom. The van der Waals surface area contributed by atoms with Crippen LogP contribution >= 0.6 is 0 Å². The average Bonchev–Trinajstić information content (AvgIpc) is 2.82. The van der Waals surface area contributed by atoms with Crippen molar-refractivity contribution in [3.8, 4) is 0 Å². The summed E-state index contributed by atoms with van der Waals surface area (Å²) in [6, 6.07) is 6.76. The fraction of sp³-hybridized carbons (Fsp3) is 0.677. The Bertz CT molecular complexity index is 956. The van der Waals surface area contributed by atoms with E-state index in [4.69, 9.17) is 9.47 Å². The van der Waals surface area contributed by atoms with Crippen molar-refractivity contribution >= 4 is 23.9 Å². The van der Waals surface area contributed by atoms with Crippen LogP contribution in [0.25, 0.3) is 0 Å². The first kappa shape index (κ1) is 34.9. The zero-order valence-corrected chi connectivity index (χ0v) is 26.1. The maximum Gasteiger partial charge on any atom is 0.408 e. The molecule has 0 spiro atoms. The summed E-state index contributed by atoms with van der Waals surface area (Å²) in [6.45, 7) is 17.1. The van der Waals surface area contributed by atoms with Crippen LogP contribution in [0.5, 0.6) is 0 Å². The molecular weight excluding hydrogens is 510 g/mol. The molecule has 1 aromatic carbocycles. The van der Waals surface area contributed by atoms with Gasteiger partial charge < -0.3 is 25.0 Å². The molecule has 9 nitrogen and oxygen atoms in total. The lowest BCUT2D eigenvalue weighted by atomic mass is 9.98. The molecule has 0 radical (unpaired) electrons. The topological polar surface area (TPSA) is 114 Å². The second kappa shape index (κ2) is 16.2. The van der Waals surface area contributed by atoms with Crippen LogP contribution in [0, 0.1) is 17.8 Å². The Morgan fingerprint density at radius 1 is 0.800 bits per heavy atom. The highest BCUT2D eigenvalue weighted by Crippen LogP contribution is 2.17. The lowest BCUT2D eigenvalue weighted by Gasteiger charge is -2.33.